The van der Waals surface area contributed by atoms with Crippen molar-refractivity contribution in [3.8, 4) is 11.1 Å². The number of halogens is 3. The van der Waals surface area contributed by atoms with Gasteiger partial charge in [0.2, 0.25) is 5.91 Å². The Kier molecular flexibility index (Phi) is 9.91. The summed E-state index contributed by atoms with van der Waals surface area (Å²) in [6.45, 7) is 8.13. The Morgan fingerprint density at radius 3 is 2.67 bits per heavy atom. The van der Waals surface area contributed by atoms with Gasteiger partial charge in [-0.25, -0.2) is 13.6 Å². The highest BCUT2D eigenvalue weighted by Gasteiger charge is 2.23. The summed E-state index contributed by atoms with van der Waals surface area (Å²) in [4.78, 5) is 29.5. The second-order valence-corrected chi connectivity index (χ2v) is 10.5. The molecule has 0 fully saturated rings. The standard InChI is InChI=1S/C33H32ClF2N3O3/c1-5-7-21-16-20(3)24(28-15-10-22(18-37-28)30-27(35)14-13-26(34)31(30)36)9-6-8-19(2)32(40)39-29-17-23(11-12-25(21)29)38-33(41)42-4/h5,7,10-19,24H,3,6,8-9H2,1-2,4H3,(H,38,41)(H,39,40)/b7-5-,21-16+. The molecular formula is C33H32ClF2N3O3. The van der Waals surface area contributed by atoms with E-state index in [9.17, 15) is 18.4 Å². The number of methoxy groups -OCH3 is 1. The number of aromatic nitrogens is 1. The molecule has 9 heteroatoms. The van der Waals surface area contributed by atoms with E-state index < -0.39 is 17.7 Å². The molecule has 2 aromatic carbocycles. The average Bonchev–Trinajstić information content (AvgIpc) is 2.97. The Hall–Kier alpha value is -4.30. The number of carbonyl (C=O) groups excluding carboxylic acids is 2. The minimum atomic E-state index is -0.837. The summed E-state index contributed by atoms with van der Waals surface area (Å²) >= 11 is 5.89. The maximum absolute atomic E-state index is 14.6. The highest BCUT2D eigenvalue weighted by atomic mass is 35.5. The lowest BCUT2D eigenvalue weighted by atomic mass is 9.86. The van der Waals surface area contributed by atoms with Crippen molar-refractivity contribution in [1.29, 1.82) is 0 Å². The van der Waals surface area contributed by atoms with E-state index in [4.69, 9.17) is 16.3 Å². The zero-order valence-corrected chi connectivity index (χ0v) is 24.4. The number of nitrogens with zero attached hydrogens (tertiary/aromatic N) is 1. The smallest absolute Gasteiger partial charge is 0.411 e. The van der Waals surface area contributed by atoms with Crippen molar-refractivity contribution in [3.05, 3.63) is 107 Å². The Bertz CT molecular complexity index is 1570. The van der Waals surface area contributed by atoms with Gasteiger partial charge in [0, 0.05) is 40.5 Å². The zero-order chi connectivity index (χ0) is 30.4. The molecule has 218 valence electrons. The molecule has 1 aromatic heterocycles. The predicted molar refractivity (Wildman–Crippen MR) is 163 cm³/mol. The van der Waals surface area contributed by atoms with Crippen LogP contribution < -0.4 is 10.6 Å². The van der Waals surface area contributed by atoms with Crippen LogP contribution in [-0.2, 0) is 9.53 Å². The normalized spacial score (nSPS) is 19.1. The number of allylic oxidation sites excluding steroid dienone is 5. The number of hydrogen-bond acceptors (Lipinski definition) is 4. The highest BCUT2D eigenvalue weighted by Crippen LogP contribution is 2.37. The van der Waals surface area contributed by atoms with Crippen LogP contribution in [0.1, 0.15) is 50.3 Å². The molecule has 2 amide bonds. The number of carbonyl (C=O) groups is 2. The van der Waals surface area contributed by atoms with Gasteiger partial charge >= 0.3 is 6.09 Å². The molecule has 0 saturated heterocycles. The van der Waals surface area contributed by atoms with E-state index in [1.54, 1.807) is 24.3 Å². The summed E-state index contributed by atoms with van der Waals surface area (Å²) in [5, 5.41) is 5.49. The van der Waals surface area contributed by atoms with Gasteiger partial charge in [-0.15, -0.1) is 0 Å². The Labute approximate surface area is 249 Å². The molecule has 2 heterocycles. The number of fused-ring (bicyclic) bond motifs is 1. The van der Waals surface area contributed by atoms with Crippen LogP contribution in [0.4, 0.5) is 25.0 Å². The van der Waals surface area contributed by atoms with Gasteiger partial charge < -0.3 is 10.1 Å². The quantitative estimate of drug-likeness (QED) is 0.297. The molecule has 42 heavy (non-hydrogen) atoms. The van der Waals surface area contributed by atoms with Crippen LogP contribution in [0, 0.1) is 17.6 Å². The minimum absolute atomic E-state index is 0.143. The van der Waals surface area contributed by atoms with Crippen molar-refractivity contribution in [2.75, 3.05) is 17.7 Å². The van der Waals surface area contributed by atoms with Crippen LogP contribution in [0.5, 0.6) is 0 Å². The summed E-state index contributed by atoms with van der Waals surface area (Å²) in [6.07, 6.45) is 8.55. The van der Waals surface area contributed by atoms with Crippen molar-refractivity contribution in [3.63, 3.8) is 0 Å². The number of pyridine rings is 1. The summed E-state index contributed by atoms with van der Waals surface area (Å²) in [5.41, 5.74) is 4.04. The van der Waals surface area contributed by atoms with Crippen LogP contribution in [-0.4, -0.2) is 24.1 Å². The van der Waals surface area contributed by atoms with E-state index in [2.05, 4.69) is 22.2 Å². The first kappa shape index (κ1) is 30.7. The molecular weight excluding hydrogens is 560 g/mol. The van der Waals surface area contributed by atoms with E-state index in [0.29, 0.717) is 36.3 Å². The lowest BCUT2D eigenvalue weighted by molar-refractivity contribution is -0.119. The molecule has 1 aliphatic heterocycles. The maximum atomic E-state index is 14.6. The lowest BCUT2D eigenvalue weighted by Gasteiger charge is -2.22. The van der Waals surface area contributed by atoms with Gasteiger partial charge in [-0.1, -0.05) is 61.9 Å². The molecule has 1 aliphatic rings. The van der Waals surface area contributed by atoms with Crippen molar-refractivity contribution in [2.24, 2.45) is 5.92 Å². The monoisotopic (exact) mass is 591 g/mol. The van der Waals surface area contributed by atoms with Gasteiger partial charge in [0.1, 0.15) is 5.82 Å². The summed E-state index contributed by atoms with van der Waals surface area (Å²) in [5.74, 6) is -2.21. The van der Waals surface area contributed by atoms with Gasteiger partial charge in [-0.3, -0.25) is 15.1 Å². The number of anilines is 2. The van der Waals surface area contributed by atoms with E-state index in [1.165, 1.54) is 19.4 Å². The molecule has 2 atom stereocenters. The number of benzene rings is 2. The lowest BCUT2D eigenvalue weighted by Crippen LogP contribution is -2.22. The van der Waals surface area contributed by atoms with Crippen LogP contribution in [0.3, 0.4) is 0 Å². The molecule has 0 bridgehead atoms. The van der Waals surface area contributed by atoms with Crippen molar-refractivity contribution >= 4 is 40.5 Å². The third kappa shape index (κ3) is 6.94. The molecule has 0 radical (unpaired) electrons. The first-order chi connectivity index (χ1) is 20.1. The molecule has 0 aliphatic carbocycles. The van der Waals surface area contributed by atoms with E-state index in [-0.39, 0.29) is 33.9 Å². The van der Waals surface area contributed by atoms with Crippen LogP contribution in [0.2, 0.25) is 5.02 Å². The predicted octanol–water partition coefficient (Wildman–Crippen LogP) is 8.92. The fourth-order valence-corrected chi connectivity index (χ4v) is 5.09. The topological polar surface area (TPSA) is 80.3 Å². The van der Waals surface area contributed by atoms with E-state index >= 15 is 0 Å². The molecule has 4 rings (SSSR count). The first-order valence-electron chi connectivity index (χ1n) is 13.6. The first-order valence-corrected chi connectivity index (χ1v) is 13.9. The third-order valence-corrected chi connectivity index (χ3v) is 7.50. The largest absolute Gasteiger partial charge is 0.453 e. The molecule has 6 nitrogen and oxygen atoms in total. The number of rotatable bonds is 4. The number of amides is 2. The van der Waals surface area contributed by atoms with Gasteiger partial charge in [0.25, 0.3) is 0 Å². The van der Waals surface area contributed by atoms with Gasteiger partial charge in [-0.05, 0) is 61.2 Å². The summed E-state index contributed by atoms with van der Waals surface area (Å²) in [6, 6.07) is 10.9. The zero-order valence-electron chi connectivity index (χ0n) is 23.6. The minimum Gasteiger partial charge on any atom is -0.453 e. The van der Waals surface area contributed by atoms with Gasteiger partial charge in [0.15, 0.2) is 5.82 Å². The second-order valence-electron chi connectivity index (χ2n) is 10.1. The van der Waals surface area contributed by atoms with Gasteiger partial charge in [0.05, 0.1) is 23.4 Å². The highest BCUT2D eigenvalue weighted by molar-refractivity contribution is 6.31. The van der Waals surface area contributed by atoms with Crippen molar-refractivity contribution in [2.45, 2.75) is 39.0 Å². The van der Waals surface area contributed by atoms with Crippen molar-refractivity contribution in [1.82, 2.24) is 4.98 Å². The molecule has 2 N–H and O–H groups in total. The molecule has 0 saturated carbocycles. The molecule has 2 unspecified atom stereocenters. The number of nitrogens with one attached hydrogen (secondary N) is 2. The SMILES string of the molecule is C=C1/C=C(\C=C/C)c2ccc(NC(=O)OC)cc2NC(=O)C(C)CCCC1c1ccc(-c2c(F)ccc(Cl)c2F)cn1. The second kappa shape index (κ2) is 13.6. The Morgan fingerprint density at radius 2 is 1.98 bits per heavy atom. The third-order valence-electron chi connectivity index (χ3n) is 7.21. The van der Waals surface area contributed by atoms with E-state index in [1.807, 2.05) is 38.1 Å². The Balaban J connectivity index is 1.76. The number of ether oxygens (including phenoxy) is 1. The maximum Gasteiger partial charge on any atom is 0.411 e. The summed E-state index contributed by atoms with van der Waals surface area (Å²) < 4.78 is 33.8. The van der Waals surface area contributed by atoms with Gasteiger partial charge in [-0.2, -0.15) is 0 Å². The Morgan fingerprint density at radius 1 is 1.19 bits per heavy atom. The van der Waals surface area contributed by atoms with Crippen LogP contribution in [0.25, 0.3) is 16.7 Å². The average molecular weight is 592 g/mol. The van der Waals surface area contributed by atoms with Crippen LogP contribution in [0.15, 0.2) is 79.0 Å². The molecule has 0 spiro atoms. The number of hydrogen-bond donors (Lipinski definition) is 2. The fourth-order valence-electron chi connectivity index (χ4n) is 4.93. The molecule has 3 aromatic rings. The van der Waals surface area contributed by atoms with E-state index in [0.717, 1.165) is 22.8 Å². The van der Waals surface area contributed by atoms with Crippen LogP contribution >= 0.6 is 11.6 Å². The van der Waals surface area contributed by atoms with Crippen molar-refractivity contribution < 1.29 is 23.1 Å². The fraction of sp³-hybridized carbons (Fsp3) is 0.242. The summed E-state index contributed by atoms with van der Waals surface area (Å²) in [7, 11) is 1.28.